The summed E-state index contributed by atoms with van der Waals surface area (Å²) in [6, 6.07) is 24.7. The van der Waals surface area contributed by atoms with E-state index in [1.165, 1.54) is 10.9 Å². The van der Waals surface area contributed by atoms with Crippen LogP contribution in [-0.4, -0.2) is 5.11 Å². The highest BCUT2D eigenvalue weighted by Crippen LogP contribution is 2.53. The van der Waals surface area contributed by atoms with Crippen LogP contribution in [0.4, 0.5) is 0 Å². The zero-order valence-corrected chi connectivity index (χ0v) is 16.5. The van der Waals surface area contributed by atoms with Crippen molar-refractivity contribution in [2.75, 3.05) is 0 Å². The highest BCUT2D eigenvalue weighted by atomic mass is 16.5. The second-order valence-electron chi connectivity index (χ2n) is 8.74. The van der Waals surface area contributed by atoms with Gasteiger partial charge < -0.3 is 9.84 Å². The molecule has 1 atom stereocenters. The zero-order valence-electron chi connectivity index (χ0n) is 16.5. The van der Waals surface area contributed by atoms with Gasteiger partial charge in [0.2, 0.25) is 0 Å². The van der Waals surface area contributed by atoms with E-state index in [2.05, 4.69) is 63.2 Å². The van der Waals surface area contributed by atoms with Gasteiger partial charge in [-0.15, -0.1) is 0 Å². The number of hydrogen-bond donors (Lipinski definition) is 1. The van der Waals surface area contributed by atoms with E-state index >= 15 is 0 Å². The maximum absolute atomic E-state index is 11.1. The Morgan fingerprint density at radius 2 is 1.29 bits per heavy atom. The van der Waals surface area contributed by atoms with E-state index in [0.29, 0.717) is 5.75 Å². The molecule has 1 N–H and O–H groups in total. The number of phenolic OH excluding ortho intramolecular Hbond substituents is 1. The van der Waals surface area contributed by atoms with Crippen LogP contribution in [0.1, 0.15) is 38.3 Å². The molecule has 0 fully saturated rings. The van der Waals surface area contributed by atoms with Crippen molar-refractivity contribution in [2.24, 2.45) is 0 Å². The van der Waals surface area contributed by atoms with Gasteiger partial charge in [-0.2, -0.15) is 0 Å². The molecule has 4 aromatic carbocycles. The Kier molecular flexibility index (Phi) is 3.51. The molecule has 0 aromatic heterocycles. The first-order valence-electron chi connectivity index (χ1n) is 9.82. The third kappa shape index (κ3) is 2.41. The van der Waals surface area contributed by atoms with Gasteiger partial charge in [-0.25, -0.2) is 0 Å². The van der Waals surface area contributed by atoms with Gasteiger partial charge in [-0.3, -0.25) is 0 Å². The number of ether oxygens (including phenoxy) is 1. The van der Waals surface area contributed by atoms with Crippen molar-refractivity contribution in [2.45, 2.75) is 38.2 Å². The fourth-order valence-electron chi connectivity index (χ4n) is 4.92. The van der Waals surface area contributed by atoms with Crippen molar-refractivity contribution in [3.05, 3.63) is 83.9 Å². The number of fused-ring (bicyclic) bond motifs is 4. The molecule has 1 aliphatic rings. The van der Waals surface area contributed by atoms with Crippen LogP contribution in [-0.2, 0) is 11.0 Å². The Morgan fingerprint density at radius 3 is 2.00 bits per heavy atom. The molecule has 0 bridgehead atoms. The molecule has 4 aromatic rings. The monoisotopic (exact) mass is 368 g/mol. The van der Waals surface area contributed by atoms with Gasteiger partial charge in [0, 0.05) is 28.3 Å². The van der Waals surface area contributed by atoms with Crippen LogP contribution in [0.15, 0.2) is 72.8 Å². The minimum atomic E-state index is -0.616. The molecule has 5 rings (SSSR count). The normalized spacial score (nSPS) is 20.7. The minimum absolute atomic E-state index is 0.0789. The van der Waals surface area contributed by atoms with Crippen molar-refractivity contribution in [1.29, 1.82) is 0 Å². The molecule has 2 heteroatoms. The topological polar surface area (TPSA) is 29.5 Å². The van der Waals surface area contributed by atoms with Crippen molar-refractivity contribution >= 4 is 21.5 Å². The van der Waals surface area contributed by atoms with Crippen LogP contribution in [0.3, 0.4) is 0 Å². The third-order valence-corrected chi connectivity index (χ3v) is 6.19. The van der Waals surface area contributed by atoms with Crippen LogP contribution < -0.4 is 4.74 Å². The second kappa shape index (κ2) is 5.75. The van der Waals surface area contributed by atoms with Crippen molar-refractivity contribution in [3.63, 3.8) is 0 Å². The summed E-state index contributed by atoms with van der Waals surface area (Å²) in [6.45, 7) is 6.63. The van der Waals surface area contributed by atoms with Gasteiger partial charge in [0.15, 0.2) is 0 Å². The lowest BCUT2D eigenvalue weighted by molar-refractivity contribution is 0.0326. The van der Waals surface area contributed by atoms with Gasteiger partial charge in [-0.05, 0) is 23.1 Å². The maximum Gasteiger partial charge on any atom is 0.136 e. The molecule has 1 aliphatic heterocycles. The van der Waals surface area contributed by atoms with E-state index in [0.717, 1.165) is 33.9 Å². The molecule has 0 spiro atoms. The van der Waals surface area contributed by atoms with Crippen LogP contribution in [0.25, 0.3) is 21.5 Å². The molecular formula is C26H24O2. The van der Waals surface area contributed by atoms with E-state index in [1.807, 2.05) is 30.3 Å². The van der Waals surface area contributed by atoms with Gasteiger partial charge in [0.05, 0.1) is 0 Å². The Labute approximate surface area is 165 Å². The average Bonchev–Trinajstić information content (AvgIpc) is 2.67. The number of rotatable bonds is 1. The summed E-state index contributed by atoms with van der Waals surface area (Å²) in [5.74, 6) is 1.25. The van der Waals surface area contributed by atoms with Gasteiger partial charge in [-0.1, -0.05) is 86.6 Å². The molecule has 0 amide bonds. The zero-order chi connectivity index (χ0) is 19.5. The van der Waals surface area contributed by atoms with Gasteiger partial charge in [0.1, 0.15) is 17.1 Å². The van der Waals surface area contributed by atoms with E-state index in [9.17, 15) is 5.11 Å². The van der Waals surface area contributed by atoms with Crippen molar-refractivity contribution < 1.29 is 9.84 Å². The average molecular weight is 368 g/mol. The SMILES string of the molecule is CC1(C)CC(C)(c2ccc3ccccc3c2O)Oc2c1ccc1ccccc21. The first kappa shape index (κ1) is 17.1. The molecule has 2 nitrogen and oxygen atoms in total. The number of aromatic hydroxyl groups is 1. The summed E-state index contributed by atoms with van der Waals surface area (Å²) < 4.78 is 6.72. The van der Waals surface area contributed by atoms with Crippen LogP contribution >= 0.6 is 0 Å². The molecule has 0 saturated carbocycles. The second-order valence-corrected chi connectivity index (χ2v) is 8.74. The molecule has 140 valence electrons. The fraction of sp³-hybridized carbons (Fsp3) is 0.231. The summed E-state index contributed by atoms with van der Waals surface area (Å²) >= 11 is 0. The van der Waals surface area contributed by atoms with Crippen LogP contribution in [0.5, 0.6) is 11.5 Å². The molecule has 0 radical (unpaired) electrons. The standard InChI is InChI=1S/C26H24O2/c1-25(2)16-26(3,21-14-12-17-8-4-6-10-19(17)23(21)27)28-24-20-11-7-5-9-18(20)13-15-22(24)25/h4-15,27H,16H2,1-3H3. The van der Waals surface area contributed by atoms with E-state index in [1.54, 1.807) is 0 Å². The number of hydrogen-bond acceptors (Lipinski definition) is 2. The predicted octanol–water partition coefficient (Wildman–Crippen LogP) is 6.67. The number of phenols is 1. The highest BCUT2D eigenvalue weighted by Gasteiger charge is 2.45. The first-order valence-corrected chi connectivity index (χ1v) is 9.82. The van der Waals surface area contributed by atoms with Crippen molar-refractivity contribution in [3.8, 4) is 11.5 Å². The molecule has 28 heavy (non-hydrogen) atoms. The van der Waals surface area contributed by atoms with Gasteiger partial charge in [0.25, 0.3) is 0 Å². The van der Waals surface area contributed by atoms with Crippen molar-refractivity contribution in [1.82, 2.24) is 0 Å². The largest absolute Gasteiger partial charge is 0.507 e. The third-order valence-electron chi connectivity index (χ3n) is 6.19. The smallest absolute Gasteiger partial charge is 0.136 e. The Morgan fingerprint density at radius 1 is 0.714 bits per heavy atom. The van der Waals surface area contributed by atoms with E-state index in [-0.39, 0.29) is 5.41 Å². The van der Waals surface area contributed by atoms with Crippen LogP contribution in [0, 0.1) is 0 Å². The van der Waals surface area contributed by atoms with E-state index in [4.69, 9.17) is 4.74 Å². The lowest BCUT2D eigenvalue weighted by atomic mass is 9.70. The quantitative estimate of drug-likeness (QED) is 0.406. The summed E-state index contributed by atoms with van der Waals surface area (Å²) in [6.07, 6.45) is 0.789. The highest BCUT2D eigenvalue weighted by molar-refractivity contribution is 5.91. The molecule has 0 saturated heterocycles. The fourth-order valence-corrected chi connectivity index (χ4v) is 4.92. The Hall–Kier alpha value is -3.00. The number of benzene rings is 4. The predicted molar refractivity (Wildman–Crippen MR) is 115 cm³/mol. The summed E-state index contributed by atoms with van der Waals surface area (Å²) in [5, 5.41) is 15.3. The lowest BCUT2D eigenvalue weighted by Crippen LogP contribution is -2.41. The molecule has 1 heterocycles. The summed E-state index contributed by atoms with van der Waals surface area (Å²) in [5.41, 5.74) is 1.38. The minimum Gasteiger partial charge on any atom is -0.507 e. The Balaban J connectivity index is 1.75. The summed E-state index contributed by atoms with van der Waals surface area (Å²) in [7, 11) is 0. The van der Waals surface area contributed by atoms with E-state index < -0.39 is 5.60 Å². The molecule has 1 unspecified atom stereocenters. The van der Waals surface area contributed by atoms with Gasteiger partial charge >= 0.3 is 0 Å². The molecule has 0 aliphatic carbocycles. The molecular weight excluding hydrogens is 344 g/mol. The summed E-state index contributed by atoms with van der Waals surface area (Å²) in [4.78, 5) is 0. The lowest BCUT2D eigenvalue weighted by Gasteiger charge is -2.45. The first-order chi connectivity index (χ1) is 13.4. The maximum atomic E-state index is 11.1. The van der Waals surface area contributed by atoms with Crippen LogP contribution in [0.2, 0.25) is 0 Å². The Bertz CT molecular complexity index is 1220.